The highest BCUT2D eigenvalue weighted by atomic mass is 35.5. The van der Waals surface area contributed by atoms with Crippen molar-refractivity contribution in [2.45, 2.75) is 32.9 Å². The number of halogens is 3. The van der Waals surface area contributed by atoms with Gasteiger partial charge >= 0.3 is 5.82 Å². The zero-order chi connectivity index (χ0) is 22.0. The fourth-order valence-corrected chi connectivity index (χ4v) is 3.45. The summed E-state index contributed by atoms with van der Waals surface area (Å²) in [7, 11) is 0. The van der Waals surface area contributed by atoms with E-state index in [2.05, 4.69) is 15.5 Å². The van der Waals surface area contributed by atoms with Gasteiger partial charge < -0.3 is 15.4 Å². The third-order valence-electron chi connectivity index (χ3n) is 4.37. The summed E-state index contributed by atoms with van der Waals surface area (Å²) in [5.41, 5.74) is 1.35. The molecule has 158 valence electrons. The monoisotopic (exact) mass is 470 g/mol. The molecule has 1 aromatic carbocycles. The van der Waals surface area contributed by atoms with E-state index in [1.54, 1.807) is 36.9 Å². The number of hydrogen-bond donors (Lipinski definition) is 1. The molecule has 0 radical (unpaired) electrons. The van der Waals surface area contributed by atoms with Crippen molar-refractivity contribution in [3.63, 3.8) is 0 Å². The van der Waals surface area contributed by atoms with Crippen LogP contribution in [0, 0.1) is 17.0 Å². The topological polar surface area (TPSA) is 108 Å². The summed E-state index contributed by atoms with van der Waals surface area (Å²) in [6, 6.07) is 5.77. The van der Waals surface area contributed by atoms with Crippen molar-refractivity contribution in [2.24, 2.45) is 0 Å². The maximum absolute atomic E-state index is 12.8. The Bertz CT molecular complexity index is 1110. The van der Waals surface area contributed by atoms with Gasteiger partial charge in [-0.25, -0.2) is 0 Å². The van der Waals surface area contributed by atoms with Crippen molar-refractivity contribution in [2.75, 3.05) is 5.32 Å². The molecule has 12 heteroatoms. The summed E-state index contributed by atoms with van der Waals surface area (Å²) in [5.74, 6) is -0.567. The van der Waals surface area contributed by atoms with Gasteiger partial charge in [0.15, 0.2) is 11.9 Å². The van der Waals surface area contributed by atoms with Crippen LogP contribution in [0.1, 0.15) is 30.6 Å². The Morgan fingerprint density at radius 1 is 1.20 bits per heavy atom. The van der Waals surface area contributed by atoms with E-state index in [0.717, 1.165) is 5.56 Å². The molecule has 0 spiro atoms. The molecular weight excluding hydrogens is 455 g/mol. The second-order valence-electron chi connectivity index (χ2n) is 6.53. The van der Waals surface area contributed by atoms with Crippen molar-refractivity contribution in [1.82, 2.24) is 19.6 Å². The van der Waals surface area contributed by atoms with E-state index in [1.165, 1.54) is 10.7 Å². The van der Waals surface area contributed by atoms with Crippen LogP contribution in [0.2, 0.25) is 15.1 Å². The molecule has 3 aromatic rings. The molecule has 0 aliphatic heterocycles. The van der Waals surface area contributed by atoms with Crippen molar-refractivity contribution in [3.05, 3.63) is 66.9 Å². The van der Waals surface area contributed by atoms with Crippen molar-refractivity contribution in [1.29, 1.82) is 0 Å². The average molecular weight is 472 g/mol. The molecule has 1 atom stereocenters. The maximum Gasteiger partial charge on any atom is 0.390 e. The Labute approximate surface area is 186 Å². The van der Waals surface area contributed by atoms with Crippen LogP contribution >= 0.6 is 34.8 Å². The number of nitro groups is 1. The number of nitrogens with one attached hydrogen (secondary N) is 1. The van der Waals surface area contributed by atoms with E-state index in [1.807, 2.05) is 6.07 Å². The Morgan fingerprint density at radius 3 is 2.53 bits per heavy atom. The molecule has 2 aromatic heterocycles. The lowest BCUT2D eigenvalue weighted by Gasteiger charge is -2.13. The lowest BCUT2D eigenvalue weighted by molar-refractivity contribution is -0.389. The Kier molecular flexibility index (Phi) is 6.64. The highest BCUT2D eigenvalue weighted by Crippen LogP contribution is 2.26. The predicted octanol–water partition coefficient (Wildman–Crippen LogP) is 4.89. The van der Waals surface area contributed by atoms with Gasteiger partial charge in [0, 0.05) is 6.20 Å². The molecule has 1 amide bonds. The first-order chi connectivity index (χ1) is 14.2. The number of carbonyl (C=O) groups excluding carboxylic acids is 1. The highest BCUT2D eigenvalue weighted by molar-refractivity contribution is 6.42. The van der Waals surface area contributed by atoms with Crippen LogP contribution in [0.5, 0.6) is 0 Å². The normalized spacial score (nSPS) is 12.0. The van der Waals surface area contributed by atoms with E-state index in [4.69, 9.17) is 34.8 Å². The Morgan fingerprint density at radius 2 is 1.93 bits per heavy atom. The lowest BCUT2D eigenvalue weighted by atomic mass is 10.2. The Hall–Kier alpha value is -2.62. The average Bonchev–Trinajstić information content (AvgIpc) is 3.22. The van der Waals surface area contributed by atoms with Crippen molar-refractivity contribution in [3.8, 4) is 0 Å². The summed E-state index contributed by atoms with van der Waals surface area (Å²) < 4.78 is 2.89. The Balaban J connectivity index is 1.77. The minimum absolute atomic E-state index is 0.180. The zero-order valence-corrected chi connectivity index (χ0v) is 18.2. The first-order valence-electron chi connectivity index (χ1n) is 8.87. The molecule has 0 saturated carbocycles. The van der Waals surface area contributed by atoms with Crippen molar-refractivity contribution < 1.29 is 9.72 Å². The summed E-state index contributed by atoms with van der Waals surface area (Å²) >= 11 is 18.2. The van der Waals surface area contributed by atoms with Gasteiger partial charge in [-0.1, -0.05) is 47.8 Å². The molecule has 1 unspecified atom stereocenters. The number of aryl methyl sites for hydroxylation is 1. The molecule has 0 bridgehead atoms. The van der Waals surface area contributed by atoms with Gasteiger partial charge in [0.25, 0.3) is 5.91 Å². The number of benzene rings is 1. The molecule has 30 heavy (non-hydrogen) atoms. The van der Waals surface area contributed by atoms with E-state index >= 15 is 0 Å². The molecular formula is C18H17Cl3N6O3. The van der Waals surface area contributed by atoms with E-state index in [-0.39, 0.29) is 16.7 Å². The number of carbonyl (C=O) groups is 1. The van der Waals surface area contributed by atoms with Crippen LogP contribution in [0.25, 0.3) is 0 Å². The SMILES string of the molecule is CCC(C(=O)Nc1nn(Cc2ccc(Cl)c(Cl)c2)cc1Cl)n1nc([N+](=O)[O-])cc1C. The zero-order valence-electron chi connectivity index (χ0n) is 16.0. The minimum atomic E-state index is -0.755. The number of anilines is 1. The number of amides is 1. The van der Waals surface area contributed by atoms with E-state index in [9.17, 15) is 14.9 Å². The van der Waals surface area contributed by atoms with Crippen LogP contribution in [0.15, 0.2) is 30.5 Å². The molecule has 0 aliphatic rings. The van der Waals surface area contributed by atoms with Gasteiger partial charge in [-0.15, -0.1) is 0 Å². The van der Waals surface area contributed by atoms with Crippen LogP contribution in [0.4, 0.5) is 11.6 Å². The van der Waals surface area contributed by atoms with E-state index < -0.39 is 16.9 Å². The first-order valence-corrected chi connectivity index (χ1v) is 10.0. The standard InChI is InChI=1S/C18H17Cl3N6O3/c1-3-15(26-10(2)6-16(23-26)27(29)30)18(28)22-17-14(21)9-25(24-17)8-11-4-5-12(19)13(20)7-11/h4-7,9,15H,3,8H2,1-2H3,(H,22,24,28). The molecule has 1 N–H and O–H groups in total. The third-order valence-corrected chi connectivity index (χ3v) is 5.38. The molecule has 0 saturated heterocycles. The van der Waals surface area contributed by atoms with Gasteiger partial charge in [-0.2, -0.15) is 9.78 Å². The minimum Gasteiger partial charge on any atom is -0.358 e. The quantitative estimate of drug-likeness (QED) is 0.390. The number of rotatable bonds is 7. The lowest BCUT2D eigenvalue weighted by Crippen LogP contribution is -2.27. The van der Waals surface area contributed by atoms with Crippen molar-refractivity contribution >= 4 is 52.3 Å². The predicted molar refractivity (Wildman–Crippen MR) is 114 cm³/mol. The van der Waals surface area contributed by atoms with Crippen LogP contribution in [-0.2, 0) is 11.3 Å². The van der Waals surface area contributed by atoms with Gasteiger partial charge in [-0.3, -0.25) is 9.48 Å². The molecule has 0 fully saturated rings. The van der Waals surface area contributed by atoms with Crippen LogP contribution in [-0.4, -0.2) is 30.4 Å². The van der Waals surface area contributed by atoms with Crippen LogP contribution < -0.4 is 5.32 Å². The summed E-state index contributed by atoms with van der Waals surface area (Å²) in [4.78, 5) is 23.2. The summed E-state index contributed by atoms with van der Waals surface area (Å²) in [6.45, 7) is 3.80. The summed E-state index contributed by atoms with van der Waals surface area (Å²) in [6.07, 6.45) is 1.94. The van der Waals surface area contributed by atoms with Gasteiger partial charge in [0.1, 0.15) is 5.02 Å². The fourth-order valence-electron chi connectivity index (χ4n) is 2.93. The number of aromatic nitrogens is 4. The number of hydrogen-bond acceptors (Lipinski definition) is 5. The third kappa shape index (κ3) is 4.75. The second kappa shape index (κ2) is 9.03. The second-order valence-corrected chi connectivity index (χ2v) is 7.75. The molecule has 2 heterocycles. The number of nitrogens with zero attached hydrogens (tertiary/aromatic N) is 5. The summed E-state index contributed by atoms with van der Waals surface area (Å²) in [5, 5.41) is 23.0. The van der Waals surface area contributed by atoms with Crippen LogP contribution in [0.3, 0.4) is 0 Å². The van der Waals surface area contributed by atoms with Gasteiger partial charge in [0.05, 0.1) is 33.4 Å². The fraction of sp³-hybridized carbons (Fsp3) is 0.278. The maximum atomic E-state index is 12.8. The molecule has 3 rings (SSSR count). The van der Waals surface area contributed by atoms with Gasteiger partial charge in [-0.05, 0) is 36.0 Å². The molecule has 0 aliphatic carbocycles. The smallest absolute Gasteiger partial charge is 0.358 e. The van der Waals surface area contributed by atoms with E-state index in [0.29, 0.717) is 28.7 Å². The highest BCUT2D eigenvalue weighted by Gasteiger charge is 2.28. The largest absolute Gasteiger partial charge is 0.390 e. The first kappa shape index (κ1) is 22.1. The van der Waals surface area contributed by atoms with Gasteiger partial charge in [0.2, 0.25) is 0 Å². The molecule has 9 nitrogen and oxygen atoms in total.